The molecule has 0 bridgehead atoms. The molecule has 0 fully saturated rings. The van der Waals surface area contributed by atoms with Gasteiger partial charge in [-0.3, -0.25) is 0 Å². The van der Waals surface area contributed by atoms with Crippen LogP contribution in [0, 0.1) is 0 Å². The van der Waals surface area contributed by atoms with Crippen LogP contribution in [0.2, 0.25) is 0 Å². The average molecular weight is 294 g/mol. The number of rotatable bonds is 3. The molecule has 0 radical (unpaired) electrons. The minimum atomic E-state index is 0.801. The van der Waals surface area contributed by atoms with E-state index in [1.165, 1.54) is 15.6 Å². The lowest BCUT2D eigenvalue weighted by molar-refractivity contribution is 0.415. The summed E-state index contributed by atoms with van der Waals surface area (Å²) in [4.78, 5) is 4.70. The van der Waals surface area contributed by atoms with Crippen LogP contribution in [-0.2, 0) is 6.54 Å². The topological polar surface area (TPSA) is 27.1 Å². The highest BCUT2D eigenvalue weighted by atomic mass is 32.1. The molecular formula is C17H14N2OS. The van der Waals surface area contributed by atoms with E-state index in [0.29, 0.717) is 0 Å². The molecule has 0 saturated carbocycles. The highest BCUT2D eigenvalue weighted by Gasteiger charge is 2.07. The number of hydrogen-bond acceptors (Lipinski definition) is 3. The van der Waals surface area contributed by atoms with Crippen molar-refractivity contribution in [3.05, 3.63) is 59.7 Å². The van der Waals surface area contributed by atoms with Gasteiger partial charge in [-0.25, -0.2) is 4.98 Å². The summed E-state index contributed by atoms with van der Waals surface area (Å²) >= 11 is 1.76. The Labute approximate surface area is 126 Å². The maximum atomic E-state index is 5.27. The molecule has 0 aliphatic rings. The van der Waals surface area contributed by atoms with E-state index in [-0.39, 0.29) is 0 Å². The molecule has 2 aromatic heterocycles. The maximum Gasteiger partial charge on any atom is 0.119 e. The number of fused-ring (bicyclic) bond motifs is 2. The Morgan fingerprint density at radius 1 is 1.14 bits per heavy atom. The molecule has 0 aliphatic carbocycles. The molecular weight excluding hydrogens is 280 g/mol. The van der Waals surface area contributed by atoms with Gasteiger partial charge in [0, 0.05) is 17.1 Å². The zero-order valence-corrected chi connectivity index (χ0v) is 12.4. The van der Waals surface area contributed by atoms with Crippen molar-refractivity contribution in [1.82, 2.24) is 9.55 Å². The molecule has 4 heteroatoms. The summed E-state index contributed by atoms with van der Waals surface area (Å²) in [5.41, 5.74) is 2.28. The Morgan fingerprint density at radius 3 is 2.90 bits per heavy atom. The first-order valence-corrected chi connectivity index (χ1v) is 7.62. The number of nitrogens with zero attached hydrogens (tertiary/aromatic N) is 2. The highest BCUT2D eigenvalue weighted by Crippen LogP contribution is 2.25. The lowest BCUT2D eigenvalue weighted by Crippen LogP contribution is -1.96. The van der Waals surface area contributed by atoms with Crippen LogP contribution in [0.3, 0.4) is 0 Å². The van der Waals surface area contributed by atoms with E-state index in [1.54, 1.807) is 18.4 Å². The minimum absolute atomic E-state index is 0.801. The smallest absolute Gasteiger partial charge is 0.119 e. The highest BCUT2D eigenvalue weighted by molar-refractivity contribution is 7.18. The van der Waals surface area contributed by atoms with Gasteiger partial charge < -0.3 is 9.30 Å². The van der Waals surface area contributed by atoms with Crippen molar-refractivity contribution >= 4 is 32.5 Å². The van der Waals surface area contributed by atoms with E-state index >= 15 is 0 Å². The first kappa shape index (κ1) is 12.4. The van der Waals surface area contributed by atoms with E-state index in [9.17, 15) is 0 Å². The quantitative estimate of drug-likeness (QED) is 0.563. The first-order valence-electron chi connectivity index (χ1n) is 6.81. The fourth-order valence-corrected chi connectivity index (χ4v) is 3.54. The average Bonchev–Trinajstić information content (AvgIpc) is 3.10. The van der Waals surface area contributed by atoms with Crippen LogP contribution in [0.5, 0.6) is 5.75 Å². The Morgan fingerprint density at radius 2 is 2.05 bits per heavy atom. The zero-order chi connectivity index (χ0) is 14.2. The van der Waals surface area contributed by atoms with E-state index in [4.69, 9.17) is 9.72 Å². The summed E-state index contributed by atoms with van der Waals surface area (Å²) in [6, 6.07) is 16.5. The van der Waals surface area contributed by atoms with Crippen LogP contribution >= 0.6 is 11.3 Å². The van der Waals surface area contributed by atoms with Gasteiger partial charge in [0.05, 0.1) is 23.9 Å². The SMILES string of the molecule is COc1ccc2c(ccn2Cc2nc3ccccc3s2)c1. The monoisotopic (exact) mass is 294 g/mol. The number of benzene rings is 2. The van der Waals surface area contributed by atoms with E-state index < -0.39 is 0 Å². The molecule has 0 saturated heterocycles. The van der Waals surface area contributed by atoms with Gasteiger partial charge >= 0.3 is 0 Å². The largest absolute Gasteiger partial charge is 0.497 e. The molecule has 104 valence electrons. The van der Waals surface area contributed by atoms with Crippen molar-refractivity contribution in [3.63, 3.8) is 0 Å². The Bertz CT molecular complexity index is 890. The van der Waals surface area contributed by atoms with Gasteiger partial charge in [0.25, 0.3) is 0 Å². The van der Waals surface area contributed by atoms with E-state index in [1.807, 2.05) is 12.1 Å². The molecule has 0 N–H and O–H groups in total. The molecule has 4 rings (SSSR count). The minimum Gasteiger partial charge on any atom is -0.497 e. The van der Waals surface area contributed by atoms with Crippen molar-refractivity contribution < 1.29 is 4.74 Å². The number of methoxy groups -OCH3 is 1. The summed E-state index contributed by atoms with van der Waals surface area (Å²) < 4.78 is 8.74. The second-order valence-electron chi connectivity index (χ2n) is 4.94. The predicted octanol–water partition coefficient (Wildman–Crippen LogP) is 4.31. The summed E-state index contributed by atoms with van der Waals surface area (Å²) in [5.74, 6) is 0.889. The normalized spacial score (nSPS) is 11.3. The third kappa shape index (κ3) is 2.17. The molecule has 4 aromatic rings. The predicted molar refractivity (Wildman–Crippen MR) is 87.2 cm³/mol. The van der Waals surface area contributed by atoms with Crippen molar-refractivity contribution in [1.29, 1.82) is 0 Å². The zero-order valence-electron chi connectivity index (χ0n) is 11.6. The number of aromatic nitrogens is 2. The molecule has 0 spiro atoms. The lowest BCUT2D eigenvalue weighted by Gasteiger charge is -2.04. The third-order valence-electron chi connectivity index (χ3n) is 3.62. The van der Waals surface area contributed by atoms with Crippen molar-refractivity contribution in [2.45, 2.75) is 6.54 Å². The van der Waals surface area contributed by atoms with Crippen LogP contribution in [0.4, 0.5) is 0 Å². The molecule has 3 nitrogen and oxygen atoms in total. The summed E-state index contributed by atoms with van der Waals surface area (Å²) in [7, 11) is 1.69. The van der Waals surface area contributed by atoms with Gasteiger partial charge in [0.1, 0.15) is 10.8 Å². The van der Waals surface area contributed by atoms with Gasteiger partial charge in [-0.1, -0.05) is 12.1 Å². The second-order valence-corrected chi connectivity index (χ2v) is 6.06. The Hall–Kier alpha value is -2.33. The number of thiazole rings is 1. The van der Waals surface area contributed by atoms with Gasteiger partial charge in [-0.05, 0) is 36.4 Å². The fraction of sp³-hybridized carbons (Fsp3) is 0.118. The van der Waals surface area contributed by atoms with Crippen molar-refractivity contribution in [2.24, 2.45) is 0 Å². The van der Waals surface area contributed by atoms with Crippen molar-refractivity contribution in [3.8, 4) is 5.75 Å². The van der Waals surface area contributed by atoms with Gasteiger partial charge in [0.15, 0.2) is 0 Å². The van der Waals surface area contributed by atoms with Gasteiger partial charge in [0.2, 0.25) is 0 Å². The van der Waals surface area contributed by atoms with Crippen molar-refractivity contribution in [2.75, 3.05) is 7.11 Å². The Kier molecular flexibility index (Phi) is 2.89. The van der Waals surface area contributed by atoms with Crippen LogP contribution in [0.1, 0.15) is 5.01 Å². The Balaban J connectivity index is 1.73. The van der Waals surface area contributed by atoms with Gasteiger partial charge in [-0.2, -0.15) is 0 Å². The maximum absolute atomic E-state index is 5.27. The summed E-state index contributed by atoms with van der Waals surface area (Å²) in [6.45, 7) is 0.801. The number of para-hydroxylation sites is 1. The standard InChI is InChI=1S/C17H14N2OS/c1-20-13-6-7-15-12(10-13)8-9-19(15)11-17-18-14-4-2-3-5-16(14)21-17/h2-10H,11H2,1H3. The first-order chi connectivity index (χ1) is 10.3. The molecule has 2 heterocycles. The van der Waals surface area contributed by atoms with Crippen LogP contribution in [-0.4, -0.2) is 16.7 Å². The molecule has 0 amide bonds. The van der Waals surface area contributed by atoms with Crippen LogP contribution in [0.15, 0.2) is 54.7 Å². The summed E-state index contributed by atoms with van der Waals surface area (Å²) in [5, 5.41) is 2.32. The van der Waals surface area contributed by atoms with E-state index in [2.05, 4.69) is 47.2 Å². The third-order valence-corrected chi connectivity index (χ3v) is 4.64. The van der Waals surface area contributed by atoms with Crippen LogP contribution in [0.25, 0.3) is 21.1 Å². The molecule has 2 aromatic carbocycles. The molecule has 0 aliphatic heterocycles. The fourth-order valence-electron chi connectivity index (χ4n) is 2.58. The van der Waals surface area contributed by atoms with Crippen LogP contribution < -0.4 is 4.74 Å². The van der Waals surface area contributed by atoms with E-state index in [0.717, 1.165) is 22.8 Å². The molecule has 0 atom stereocenters. The second kappa shape index (κ2) is 4.90. The van der Waals surface area contributed by atoms with Gasteiger partial charge in [-0.15, -0.1) is 11.3 Å². The summed E-state index contributed by atoms with van der Waals surface area (Å²) in [6.07, 6.45) is 2.11. The number of ether oxygens (including phenoxy) is 1. The lowest BCUT2D eigenvalue weighted by atomic mass is 10.2. The molecule has 21 heavy (non-hydrogen) atoms. The number of hydrogen-bond donors (Lipinski definition) is 0. The molecule has 0 unspecified atom stereocenters.